The van der Waals surface area contributed by atoms with Crippen molar-refractivity contribution in [1.82, 2.24) is 4.98 Å². The number of aliphatic carboxylic acids is 1. The molecule has 0 aliphatic rings. The first-order chi connectivity index (χ1) is 6.80. The minimum absolute atomic E-state index is 0.295. The maximum Gasteiger partial charge on any atom is 0.433 e. The van der Waals surface area contributed by atoms with Crippen LogP contribution in [0.4, 0.5) is 19.0 Å². The zero-order chi connectivity index (χ0) is 11.6. The molecule has 0 bridgehead atoms. The second-order valence-corrected chi connectivity index (χ2v) is 2.81. The smallest absolute Gasteiger partial charge is 0.433 e. The molecule has 0 spiro atoms. The van der Waals surface area contributed by atoms with Gasteiger partial charge in [-0.1, -0.05) is 6.07 Å². The molecule has 0 aliphatic carbocycles. The number of anilines is 1. The van der Waals surface area contributed by atoms with Crippen molar-refractivity contribution in [3.8, 4) is 0 Å². The highest BCUT2D eigenvalue weighted by Gasteiger charge is 2.35. The number of nitrogen functional groups attached to an aromatic ring is 1. The van der Waals surface area contributed by atoms with Crippen molar-refractivity contribution >= 4 is 11.8 Å². The number of carboxylic acids is 1. The number of carbonyl (C=O) groups is 1. The monoisotopic (exact) mass is 220 g/mol. The number of hydrogen-bond acceptors (Lipinski definition) is 3. The lowest BCUT2D eigenvalue weighted by Crippen LogP contribution is -2.15. The summed E-state index contributed by atoms with van der Waals surface area (Å²) in [6, 6.07) is 2.15. The lowest BCUT2D eigenvalue weighted by atomic mass is 10.1. The Morgan fingerprint density at radius 2 is 2.07 bits per heavy atom. The fourth-order valence-corrected chi connectivity index (χ4v) is 1.05. The summed E-state index contributed by atoms with van der Waals surface area (Å²) in [6.45, 7) is 0. The van der Waals surface area contributed by atoms with E-state index in [9.17, 15) is 18.0 Å². The molecule has 0 amide bonds. The van der Waals surface area contributed by atoms with Crippen molar-refractivity contribution in [2.75, 3.05) is 5.73 Å². The lowest BCUT2D eigenvalue weighted by molar-refractivity contribution is -0.142. The Labute approximate surface area is 82.5 Å². The molecule has 0 aliphatic heterocycles. The van der Waals surface area contributed by atoms with Gasteiger partial charge in [0.2, 0.25) is 0 Å². The zero-order valence-electron chi connectivity index (χ0n) is 7.38. The van der Waals surface area contributed by atoms with Gasteiger partial charge in [-0.2, -0.15) is 13.2 Å². The Hall–Kier alpha value is -1.79. The Balaban J connectivity index is 3.20. The Bertz CT molecular complexity index is 390. The van der Waals surface area contributed by atoms with E-state index in [-0.39, 0.29) is 5.82 Å². The van der Waals surface area contributed by atoms with E-state index in [1.54, 1.807) is 0 Å². The summed E-state index contributed by atoms with van der Waals surface area (Å²) in [6.07, 6.45) is -5.43. The number of aromatic nitrogens is 1. The molecular weight excluding hydrogens is 213 g/mol. The van der Waals surface area contributed by atoms with Gasteiger partial charge in [0.25, 0.3) is 0 Å². The molecule has 82 valence electrons. The third kappa shape index (κ3) is 2.83. The van der Waals surface area contributed by atoms with Crippen LogP contribution < -0.4 is 5.73 Å². The van der Waals surface area contributed by atoms with Crippen molar-refractivity contribution in [3.05, 3.63) is 23.4 Å². The molecule has 0 radical (unpaired) electrons. The first-order valence-corrected chi connectivity index (χ1v) is 3.85. The summed E-state index contributed by atoms with van der Waals surface area (Å²) >= 11 is 0. The minimum Gasteiger partial charge on any atom is -0.481 e. The maximum absolute atomic E-state index is 12.4. The molecule has 1 rings (SSSR count). The quantitative estimate of drug-likeness (QED) is 0.787. The number of carboxylic acid groups (broad SMARTS) is 1. The summed E-state index contributed by atoms with van der Waals surface area (Å²) in [5.41, 5.74) is 3.45. The number of halogens is 3. The maximum atomic E-state index is 12.4. The second-order valence-electron chi connectivity index (χ2n) is 2.81. The fourth-order valence-electron chi connectivity index (χ4n) is 1.05. The van der Waals surface area contributed by atoms with Gasteiger partial charge in [0.1, 0.15) is 5.82 Å². The third-order valence-electron chi connectivity index (χ3n) is 1.61. The molecule has 1 aromatic rings. The number of pyridine rings is 1. The van der Waals surface area contributed by atoms with E-state index in [0.29, 0.717) is 0 Å². The Morgan fingerprint density at radius 1 is 1.47 bits per heavy atom. The lowest BCUT2D eigenvalue weighted by Gasteiger charge is -2.10. The molecule has 0 fully saturated rings. The fraction of sp³-hybridized carbons (Fsp3) is 0.250. The highest BCUT2D eigenvalue weighted by atomic mass is 19.4. The van der Waals surface area contributed by atoms with Crippen LogP contribution in [0.1, 0.15) is 11.3 Å². The SMILES string of the molecule is Nc1ccc(CC(=O)O)c(C(F)(F)F)n1. The van der Waals surface area contributed by atoms with E-state index in [1.807, 2.05) is 0 Å². The molecule has 0 atom stereocenters. The molecule has 1 heterocycles. The van der Waals surface area contributed by atoms with E-state index in [1.165, 1.54) is 0 Å². The molecular formula is C8H7F3N2O2. The molecule has 1 aromatic heterocycles. The van der Waals surface area contributed by atoms with E-state index in [0.717, 1.165) is 12.1 Å². The normalized spacial score (nSPS) is 11.4. The summed E-state index contributed by atoms with van der Waals surface area (Å²) in [7, 11) is 0. The third-order valence-corrected chi connectivity index (χ3v) is 1.61. The summed E-state index contributed by atoms with van der Waals surface area (Å²) in [5.74, 6) is -1.65. The van der Waals surface area contributed by atoms with E-state index >= 15 is 0 Å². The molecule has 0 saturated heterocycles. The van der Waals surface area contributed by atoms with Gasteiger partial charge in [-0.25, -0.2) is 4.98 Å². The Kier molecular flexibility index (Phi) is 2.83. The summed E-state index contributed by atoms with van der Waals surface area (Å²) < 4.78 is 37.1. The molecule has 15 heavy (non-hydrogen) atoms. The average molecular weight is 220 g/mol. The van der Waals surface area contributed by atoms with E-state index < -0.39 is 29.8 Å². The predicted molar refractivity (Wildman–Crippen MR) is 45.0 cm³/mol. The number of nitrogens with zero attached hydrogens (tertiary/aromatic N) is 1. The van der Waals surface area contributed by atoms with Gasteiger partial charge in [0, 0.05) is 0 Å². The largest absolute Gasteiger partial charge is 0.481 e. The van der Waals surface area contributed by atoms with Crippen LogP contribution in [-0.2, 0) is 17.4 Å². The van der Waals surface area contributed by atoms with Gasteiger partial charge in [0.15, 0.2) is 5.69 Å². The average Bonchev–Trinajstić information content (AvgIpc) is 2.05. The van der Waals surface area contributed by atoms with Crippen LogP contribution in [-0.4, -0.2) is 16.1 Å². The van der Waals surface area contributed by atoms with Crippen LogP contribution in [0.3, 0.4) is 0 Å². The molecule has 0 saturated carbocycles. The van der Waals surface area contributed by atoms with Crippen LogP contribution in [0.5, 0.6) is 0 Å². The molecule has 0 aromatic carbocycles. The molecule has 0 unspecified atom stereocenters. The van der Waals surface area contributed by atoms with Crippen molar-refractivity contribution in [1.29, 1.82) is 0 Å². The molecule has 4 nitrogen and oxygen atoms in total. The minimum atomic E-state index is -4.69. The van der Waals surface area contributed by atoms with Gasteiger partial charge >= 0.3 is 12.1 Å². The zero-order valence-corrected chi connectivity index (χ0v) is 7.38. The van der Waals surface area contributed by atoms with Crippen LogP contribution in [0.15, 0.2) is 12.1 Å². The topological polar surface area (TPSA) is 76.2 Å². The van der Waals surface area contributed by atoms with E-state index in [2.05, 4.69) is 4.98 Å². The molecule has 7 heteroatoms. The second kappa shape index (κ2) is 3.76. The summed E-state index contributed by atoms with van der Waals surface area (Å²) in [4.78, 5) is 13.4. The van der Waals surface area contributed by atoms with Gasteiger partial charge in [0.05, 0.1) is 6.42 Å². The Morgan fingerprint density at radius 3 is 2.53 bits per heavy atom. The summed E-state index contributed by atoms with van der Waals surface area (Å²) in [5, 5.41) is 8.40. The first kappa shape index (κ1) is 11.3. The van der Waals surface area contributed by atoms with Crippen LogP contribution in [0, 0.1) is 0 Å². The first-order valence-electron chi connectivity index (χ1n) is 3.85. The van der Waals surface area contributed by atoms with Crippen LogP contribution >= 0.6 is 0 Å². The van der Waals surface area contributed by atoms with Gasteiger partial charge < -0.3 is 10.8 Å². The van der Waals surface area contributed by atoms with Gasteiger partial charge in [-0.05, 0) is 11.6 Å². The molecule has 3 N–H and O–H groups in total. The number of rotatable bonds is 2. The van der Waals surface area contributed by atoms with Crippen LogP contribution in [0.25, 0.3) is 0 Å². The van der Waals surface area contributed by atoms with Gasteiger partial charge in [-0.15, -0.1) is 0 Å². The number of alkyl halides is 3. The standard InChI is InChI=1S/C8H7F3N2O2/c9-8(10,11)7-4(3-6(14)15)1-2-5(12)13-7/h1-2H,3H2,(H2,12,13)(H,14,15). The number of hydrogen-bond donors (Lipinski definition) is 2. The van der Waals surface area contributed by atoms with Crippen LogP contribution in [0.2, 0.25) is 0 Å². The highest BCUT2D eigenvalue weighted by molar-refractivity contribution is 5.70. The van der Waals surface area contributed by atoms with E-state index in [4.69, 9.17) is 10.8 Å². The van der Waals surface area contributed by atoms with Crippen molar-refractivity contribution < 1.29 is 23.1 Å². The van der Waals surface area contributed by atoms with Gasteiger partial charge in [-0.3, -0.25) is 4.79 Å². The van der Waals surface area contributed by atoms with Crippen molar-refractivity contribution in [3.63, 3.8) is 0 Å². The predicted octanol–water partition coefficient (Wildman–Crippen LogP) is 1.31. The highest BCUT2D eigenvalue weighted by Crippen LogP contribution is 2.31. The number of nitrogens with two attached hydrogens (primary N) is 1. The van der Waals surface area contributed by atoms with Crippen molar-refractivity contribution in [2.45, 2.75) is 12.6 Å². The van der Waals surface area contributed by atoms with Crippen molar-refractivity contribution in [2.24, 2.45) is 0 Å².